The summed E-state index contributed by atoms with van der Waals surface area (Å²) in [7, 11) is 0. The minimum absolute atomic E-state index is 0.415. The Morgan fingerprint density at radius 1 is 1.06 bits per heavy atom. The van der Waals surface area contributed by atoms with Gasteiger partial charge in [0.2, 0.25) is 0 Å². The van der Waals surface area contributed by atoms with Gasteiger partial charge in [0.25, 0.3) is 0 Å². The highest BCUT2D eigenvalue weighted by Gasteiger charge is 2.09. The average molecular weight is 333 g/mol. The fourth-order valence-corrected chi connectivity index (χ4v) is 2.23. The van der Waals surface area contributed by atoms with Crippen LogP contribution in [0.25, 0.3) is 0 Å². The second kappa shape index (κ2) is 5.17. The van der Waals surface area contributed by atoms with E-state index >= 15 is 0 Å². The predicted octanol–water partition coefficient (Wildman–Crippen LogP) is 5.13. The predicted molar refractivity (Wildman–Crippen MR) is 75.1 cm³/mol. The summed E-state index contributed by atoms with van der Waals surface area (Å²) in [5, 5.41) is 0.933. The Balaban J connectivity index is 2.38. The van der Waals surface area contributed by atoms with E-state index in [2.05, 4.69) is 15.9 Å². The molecule has 0 aromatic heterocycles. The van der Waals surface area contributed by atoms with Crippen molar-refractivity contribution < 1.29 is 4.74 Å². The van der Waals surface area contributed by atoms with Gasteiger partial charge in [-0.2, -0.15) is 0 Å². The van der Waals surface area contributed by atoms with Crippen LogP contribution in [0.3, 0.4) is 0 Å². The molecule has 2 rings (SSSR count). The monoisotopic (exact) mass is 331 g/mol. The largest absolute Gasteiger partial charge is 0.452 e. The zero-order valence-corrected chi connectivity index (χ0v) is 11.7. The topological polar surface area (TPSA) is 35.2 Å². The van der Waals surface area contributed by atoms with Crippen LogP contribution in [0.1, 0.15) is 0 Å². The third-order valence-electron chi connectivity index (χ3n) is 2.10. The summed E-state index contributed by atoms with van der Waals surface area (Å²) < 4.78 is 6.49. The fraction of sp³-hybridized carbons (Fsp3) is 0. The Morgan fingerprint density at radius 3 is 2.47 bits per heavy atom. The Kier molecular flexibility index (Phi) is 3.82. The number of benzene rings is 2. The van der Waals surface area contributed by atoms with Crippen LogP contribution in [-0.2, 0) is 0 Å². The maximum absolute atomic E-state index is 6.05. The van der Waals surface area contributed by atoms with Crippen molar-refractivity contribution in [3.63, 3.8) is 0 Å². The van der Waals surface area contributed by atoms with Gasteiger partial charge >= 0.3 is 0 Å². The summed E-state index contributed by atoms with van der Waals surface area (Å²) in [6.07, 6.45) is 0. The number of hydrogen-bond donors (Lipinski definition) is 1. The molecule has 0 aliphatic rings. The molecule has 17 heavy (non-hydrogen) atoms. The van der Waals surface area contributed by atoms with Gasteiger partial charge in [-0.3, -0.25) is 0 Å². The standard InChI is InChI=1S/C12H8BrCl2NO/c13-7-4-5-11(9(15)6-7)17-12-8(14)2-1-3-10(12)16/h1-6H,16H2. The van der Waals surface area contributed by atoms with E-state index in [0.717, 1.165) is 4.47 Å². The molecule has 88 valence electrons. The van der Waals surface area contributed by atoms with Gasteiger partial charge in [-0.15, -0.1) is 0 Å². The molecule has 0 atom stereocenters. The van der Waals surface area contributed by atoms with Crippen molar-refractivity contribution in [1.82, 2.24) is 0 Å². The van der Waals surface area contributed by atoms with Gasteiger partial charge in [0.15, 0.2) is 5.75 Å². The van der Waals surface area contributed by atoms with Crippen molar-refractivity contribution in [3.8, 4) is 11.5 Å². The van der Waals surface area contributed by atoms with E-state index in [9.17, 15) is 0 Å². The second-order valence-electron chi connectivity index (χ2n) is 3.33. The second-order valence-corrected chi connectivity index (χ2v) is 5.07. The van der Waals surface area contributed by atoms with E-state index in [4.69, 9.17) is 33.7 Å². The molecule has 2 nitrogen and oxygen atoms in total. The number of anilines is 1. The summed E-state index contributed by atoms with van der Waals surface area (Å²) in [6.45, 7) is 0. The van der Waals surface area contributed by atoms with Crippen LogP contribution in [0.4, 0.5) is 5.69 Å². The van der Waals surface area contributed by atoms with E-state index in [1.165, 1.54) is 0 Å². The number of hydrogen-bond acceptors (Lipinski definition) is 2. The first-order valence-electron chi connectivity index (χ1n) is 4.75. The first kappa shape index (κ1) is 12.6. The maximum atomic E-state index is 6.05. The molecule has 5 heteroatoms. The van der Waals surface area contributed by atoms with Crippen molar-refractivity contribution >= 4 is 44.8 Å². The van der Waals surface area contributed by atoms with Gasteiger partial charge in [-0.1, -0.05) is 45.2 Å². The van der Waals surface area contributed by atoms with Gasteiger partial charge in [-0.05, 0) is 30.3 Å². The first-order valence-corrected chi connectivity index (χ1v) is 6.29. The van der Waals surface area contributed by atoms with Crippen molar-refractivity contribution in [1.29, 1.82) is 0 Å². The quantitative estimate of drug-likeness (QED) is 0.773. The lowest BCUT2D eigenvalue weighted by molar-refractivity contribution is 0.485. The molecule has 0 saturated carbocycles. The molecule has 2 aromatic carbocycles. The molecule has 0 unspecified atom stereocenters. The lowest BCUT2D eigenvalue weighted by atomic mass is 10.3. The number of ether oxygens (including phenoxy) is 1. The molecule has 2 N–H and O–H groups in total. The van der Waals surface area contributed by atoms with E-state index < -0.39 is 0 Å². The van der Waals surface area contributed by atoms with Crippen LogP contribution in [-0.4, -0.2) is 0 Å². The number of halogens is 3. The van der Waals surface area contributed by atoms with E-state index in [-0.39, 0.29) is 0 Å². The molecular weight excluding hydrogens is 325 g/mol. The molecule has 0 aliphatic heterocycles. The van der Waals surface area contributed by atoms with Gasteiger partial charge < -0.3 is 10.5 Å². The number of para-hydroxylation sites is 1. The molecule has 0 fully saturated rings. The Morgan fingerprint density at radius 2 is 1.82 bits per heavy atom. The van der Waals surface area contributed by atoms with E-state index in [1.54, 1.807) is 30.3 Å². The van der Waals surface area contributed by atoms with E-state index in [1.807, 2.05) is 6.07 Å². The highest BCUT2D eigenvalue weighted by Crippen LogP contribution is 2.38. The molecule has 0 heterocycles. The molecular formula is C12H8BrCl2NO. The van der Waals surface area contributed by atoms with Gasteiger partial charge in [0.1, 0.15) is 5.75 Å². The van der Waals surface area contributed by atoms with Crippen LogP contribution in [0, 0.1) is 0 Å². The third kappa shape index (κ3) is 2.86. The zero-order valence-electron chi connectivity index (χ0n) is 8.58. The maximum Gasteiger partial charge on any atom is 0.168 e. The number of nitrogen functional groups attached to an aromatic ring is 1. The minimum Gasteiger partial charge on any atom is -0.452 e. The van der Waals surface area contributed by atoms with Crippen LogP contribution >= 0.6 is 39.1 Å². The summed E-state index contributed by atoms with van der Waals surface area (Å²) in [4.78, 5) is 0. The Labute approximate surface area is 117 Å². The van der Waals surface area contributed by atoms with Crippen LogP contribution in [0.2, 0.25) is 10.0 Å². The van der Waals surface area contributed by atoms with Crippen molar-refractivity contribution in [2.45, 2.75) is 0 Å². The minimum atomic E-state index is 0.415. The van der Waals surface area contributed by atoms with Gasteiger partial charge in [-0.25, -0.2) is 0 Å². The Bertz CT molecular complexity index is 540. The molecule has 0 spiro atoms. The SMILES string of the molecule is Nc1cccc(Cl)c1Oc1ccc(Br)cc1Cl. The van der Waals surface area contributed by atoms with Crippen LogP contribution < -0.4 is 10.5 Å². The molecule has 2 aromatic rings. The van der Waals surface area contributed by atoms with Crippen molar-refractivity contribution in [2.75, 3.05) is 5.73 Å². The third-order valence-corrected chi connectivity index (χ3v) is 3.19. The number of nitrogens with two attached hydrogens (primary N) is 1. The average Bonchev–Trinajstić information content (AvgIpc) is 2.26. The van der Waals surface area contributed by atoms with E-state index in [0.29, 0.717) is 27.2 Å². The zero-order chi connectivity index (χ0) is 12.4. The molecule has 0 bridgehead atoms. The summed E-state index contributed by atoms with van der Waals surface area (Å²) in [5.41, 5.74) is 6.26. The lowest BCUT2D eigenvalue weighted by Crippen LogP contribution is -1.93. The fourth-order valence-electron chi connectivity index (χ4n) is 1.30. The first-order chi connectivity index (χ1) is 8.08. The molecule has 0 saturated heterocycles. The summed E-state index contributed by atoms with van der Waals surface area (Å²) in [6, 6.07) is 10.5. The summed E-state index contributed by atoms with van der Waals surface area (Å²) in [5.74, 6) is 0.924. The normalized spacial score (nSPS) is 10.3. The van der Waals surface area contributed by atoms with Gasteiger partial charge in [0.05, 0.1) is 15.7 Å². The molecule has 0 amide bonds. The van der Waals surface area contributed by atoms with Crippen molar-refractivity contribution in [3.05, 3.63) is 50.9 Å². The molecule has 0 radical (unpaired) electrons. The van der Waals surface area contributed by atoms with Crippen molar-refractivity contribution in [2.24, 2.45) is 0 Å². The molecule has 0 aliphatic carbocycles. The van der Waals surface area contributed by atoms with Gasteiger partial charge in [0, 0.05) is 4.47 Å². The Hall–Kier alpha value is -0.900. The smallest absolute Gasteiger partial charge is 0.168 e. The lowest BCUT2D eigenvalue weighted by Gasteiger charge is -2.11. The van der Waals surface area contributed by atoms with Crippen LogP contribution in [0.5, 0.6) is 11.5 Å². The van der Waals surface area contributed by atoms with Crippen LogP contribution in [0.15, 0.2) is 40.9 Å². The highest BCUT2D eigenvalue weighted by molar-refractivity contribution is 9.10. The summed E-state index contributed by atoms with van der Waals surface area (Å²) >= 11 is 15.4. The number of rotatable bonds is 2. The highest BCUT2D eigenvalue weighted by atomic mass is 79.9.